The van der Waals surface area contributed by atoms with E-state index in [9.17, 15) is 9.59 Å². The molecule has 18 heavy (non-hydrogen) atoms. The average Bonchev–Trinajstić information content (AvgIpc) is 2.35. The number of rotatable bonds is 7. The van der Waals surface area contributed by atoms with Gasteiger partial charge in [-0.05, 0) is 24.0 Å². The highest BCUT2D eigenvalue weighted by Gasteiger charge is 2.19. The van der Waals surface area contributed by atoms with Gasteiger partial charge in [0.25, 0.3) is 0 Å². The molecule has 0 heterocycles. The normalized spacial score (nSPS) is 11.8. The fourth-order valence-corrected chi connectivity index (χ4v) is 1.99. The van der Waals surface area contributed by atoms with Crippen LogP contribution in [0.3, 0.4) is 0 Å². The number of carbonyl (C=O) groups excluding carboxylic acids is 1. The Morgan fingerprint density at radius 2 is 2.00 bits per heavy atom. The summed E-state index contributed by atoms with van der Waals surface area (Å²) in [5.74, 6) is -0.525. The van der Waals surface area contributed by atoms with E-state index in [1.165, 1.54) is 0 Å². The second-order valence-corrected chi connectivity index (χ2v) is 4.89. The standard InChI is InChI=1S/C13H17NO3S/c1-18-8-7-11(13(16)17)14-12(15)9-10-5-3-2-4-6-10/h2-6,11H,7-9H2,1H3,(H,14,15)(H,16,17)/t11-/m1/s1. The van der Waals surface area contributed by atoms with Gasteiger partial charge < -0.3 is 10.4 Å². The third-order valence-corrected chi connectivity index (χ3v) is 3.10. The quantitative estimate of drug-likeness (QED) is 0.786. The Balaban J connectivity index is 2.48. The van der Waals surface area contributed by atoms with Crippen molar-refractivity contribution in [3.8, 4) is 0 Å². The third kappa shape index (κ3) is 5.23. The Bertz CT molecular complexity index is 394. The molecule has 0 radical (unpaired) electrons. The molecule has 2 N–H and O–H groups in total. The molecule has 0 aliphatic carbocycles. The van der Waals surface area contributed by atoms with E-state index in [1.807, 2.05) is 36.6 Å². The molecule has 5 heteroatoms. The molecule has 1 aromatic rings. The van der Waals surface area contributed by atoms with E-state index in [2.05, 4.69) is 5.32 Å². The number of hydrogen-bond acceptors (Lipinski definition) is 3. The van der Waals surface area contributed by atoms with Gasteiger partial charge in [0.1, 0.15) is 6.04 Å². The highest BCUT2D eigenvalue weighted by Crippen LogP contribution is 2.03. The minimum Gasteiger partial charge on any atom is -0.480 e. The van der Waals surface area contributed by atoms with Crippen molar-refractivity contribution >= 4 is 23.6 Å². The van der Waals surface area contributed by atoms with Crippen LogP contribution in [-0.2, 0) is 16.0 Å². The number of nitrogens with one attached hydrogen (secondary N) is 1. The Morgan fingerprint density at radius 1 is 1.33 bits per heavy atom. The van der Waals surface area contributed by atoms with Gasteiger partial charge in [-0.3, -0.25) is 4.79 Å². The molecular weight excluding hydrogens is 250 g/mol. The van der Waals surface area contributed by atoms with Crippen LogP contribution in [0.4, 0.5) is 0 Å². The molecule has 4 nitrogen and oxygen atoms in total. The molecule has 0 unspecified atom stereocenters. The summed E-state index contributed by atoms with van der Waals surface area (Å²) in [5, 5.41) is 11.5. The van der Waals surface area contributed by atoms with Crippen LogP contribution in [0.2, 0.25) is 0 Å². The molecule has 0 spiro atoms. The van der Waals surface area contributed by atoms with Crippen molar-refractivity contribution in [2.75, 3.05) is 12.0 Å². The van der Waals surface area contributed by atoms with E-state index in [4.69, 9.17) is 5.11 Å². The Kier molecular flexibility index (Phi) is 6.28. The summed E-state index contributed by atoms with van der Waals surface area (Å²) < 4.78 is 0. The van der Waals surface area contributed by atoms with E-state index in [-0.39, 0.29) is 12.3 Å². The fraction of sp³-hybridized carbons (Fsp3) is 0.385. The first-order chi connectivity index (χ1) is 8.63. The zero-order valence-corrected chi connectivity index (χ0v) is 11.1. The molecule has 0 bridgehead atoms. The SMILES string of the molecule is CSCC[C@@H](NC(=O)Cc1ccccc1)C(=O)O. The summed E-state index contributed by atoms with van der Waals surface area (Å²) in [6.07, 6.45) is 2.56. The van der Waals surface area contributed by atoms with Crippen LogP contribution >= 0.6 is 11.8 Å². The van der Waals surface area contributed by atoms with Crippen LogP contribution < -0.4 is 5.32 Å². The first kappa shape index (κ1) is 14.6. The van der Waals surface area contributed by atoms with Crippen molar-refractivity contribution in [3.63, 3.8) is 0 Å². The maximum atomic E-state index is 11.7. The van der Waals surface area contributed by atoms with Crippen LogP contribution in [0, 0.1) is 0 Å². The summed E-state index contributed by atoms with van der Waals surface area (Å²) in [7, 11) is 0. The zero-order chi connectivity index (χ0) is 13.4. The van der Waals surface area contributed by atoms with Gasteiger partial charge in [0.05, 0.1) is 6.42 Å². The minimum absolute atomic E-state index is 0.212. The molecule has 98 valence electrons. The molecule has 0 fully saturated rings. The van der Waals surface area contributed by atoms with Crippen molar-refractivity contribution in [2.24, 2.45) is 0 Å². The summed E-state index contributed by atoms with van der Waals surface area (Å²) in [4.78, 5) is 22.7. The largest absolute Gasteiger partial charge is 0.480 e. The van der Waals surface area contributed by atoms with Crippen LogP contribution in [-0.4, -0.2) is 35.0 Å². The predicted molar refractivity (Wildman–Crippen MR) is 72.7 cm³/mol. The van der Waals surface area contributed by atoms with E-state index in [0.717, 1.165) is 5.56 Å². The van der Waals surface area contributed by atoms with Crippen molar-refractivity contribution in [1.82, 2.24) is 5.32 Å². The first-order valence-corrected chi connectivity index (χ1v) is 7.08. The predicted octanol–water partition coefficient (Wildman–Crippen LogP) is 1.55. The van der Waals surface area contributed by atoms with Crippen LogP contribution in [0.5, 0.6) is 0 Å². The number of carbonyl (C=O) groups is 2. The molecule has 1 rings (SSSR count). The van der Waals surface area contributed by atoms with Gasteiger partial charge in [0.15, 0.2) is 0 Å². The second kappa shape index (κ2) is 7.76. The summed E-state index contributed by atoms with van der Waals surface area (Å²) in [6, 6.07) is 8.47. The maximum absolute atomic E-state index is 11.7. The number of aliphatic carboxylic acids is 1. The van der Waals surface area contributed by atoms with Crippen molar-refractivity contribution in [3.05, 3.63) is 35.9 Å². The number of hydrogen-bond donors (Lipinski definition) is 2. The Morgan fingerprint density at radius 3 is 2.56 bits per heavy atom. The summed E-state index contributed by atoms with van der Waals surface area (Å²) >= 11 is 1.56. The van der Waals surface area contributed by atoms with Gasteiger partial charge in [0, 0.05) is 0 Å². The second-order valence-electron chi connectivity index (χ2n) is 3.90. The van der Waals surface area contributed by atoms with Gasteiger partial charge in [-0.15, -0.1) is 0 Å². The van der Waals surface area contributed by atoms with Gasteiger partial charge in [-0.2, -0.15) is 11.8 Å². The van der Waals surface area contributed by atoms with Gasteiger partial charge in [0.2, 0.25) is 5.91 Å². The van der Waals surface area contributed by atoms with Gasteiger partial charge >= 0.3 is 5.97 Å². The lowest BCUT2D eigenvalue weighted by atomic mass is 10.1. The number of thioether (sulfide) groups is 1. The summed E-state index contributed by atoms with van der Waals surface area (Å²) in [6.45, 7) is 0. The lowest BCUT2D eigenvalue weighted by Gasteiger charge is -2.13. The number of carboxylic acid groups (broad SMARTS) is 1. The van der Waals surface area contributed by atoms with Gasteiger partial charge in [-0.25, -0.2) is 4.79 Å². The summed E-state index contributed by atoms with van der Waals surface area (Å²) in [5.41, 5.74) is 0.879. The number of carboxylic acids is 1. The van der Waals surface area contributed by atoms with Crippen LogP contribution in [0.15, 0.2) is 30.3 Å². The number of amides is 1. The molecule has 1 aromatic carbocycles. The third-order valence-electron chi connectivity index (χ3n) is 2.45. The minimum atomic E-state index is -0.981. The van der Waals surface area contributed by atoms with E-state index < -0.39 is 12.0 Å². The zero-order valence-electron chi connectivity index (χ0n) is 10.3. The molecule has 0 aliphatic heterocycles. The van der Waals surface area contributed by atoms with Crippen LogP contribution in [0.1, 0.15) is 12.0 Å². The average molecular weight is 267 g/mol. The monoisotopic (exact) mass is 267 g/mol. The molecule has 1 atom stereocenters. The van der Waals surface area contributed by atoms with Gasteiger partial charge in [-0.1, -0.05) is 30.3 Å². The smallest absolute Gasteiger partial charge is 0.326 e. The highest BCUT2D eigenvalue weighted by molar-refractivity contribution is 7.98. The lowest BCUT2D eigenvalue weighted by molar-refractivity contribution is -0.141. The van der Waals surface area contributed by atoms with E-state index in [1.54, 1.807) is 11.8 Å². The molecule has 1 amide bonds. The molecular formula is C13H17NO3S. The lowest BCUT2D eigenvalue weighted by Crippen LogP contribution is -2.41. The molecule has 0 aromatic heterocycles. The molecule has 0 aliphatic rings. The van der Waals surface area contributed by atoms with Crippen molar-refractivity contribution in [2.45, 2.75) is 18.9 Å². The van der Waals surface area contributed by atoms with Crippen molar-refractivity contribution in [1.29, 1.82) is 0 Å². The molecule has 0 saturated carbocycles. The number of benzene rings is 1. The first-order valence-electron chi connectivity index (χ1n) is 5.68. The van der Waals surface area contributed by atoms with E-state index in [0.29, 0.717) is 12.2 Å². The fourth-order valence-electron chi connectivity index (χ4n) is 1.52. The van der Waals surface area contributed by atoms with Crippen molar-refractivity contribution < 1.29 is 14.7 Å². The van der Waals surface area contributed by atoms with Crippen LogP contribution in [0.25, 0.3) is 0 Å². The molecule has 0 saturated heterocycles. The maximum Gasteiger partial charge on any atom is 0.326 e. The Labute approximate surface area is 111 Å². The van der Waals surface area contributed by atoms with E-state index >= 15 is 0 Å². The Hall–Kier alpha value is -1.49. The topological polar surface area (TPSA) is 66.4 Å². The highest BCUT2D eigenvalue weighted by atomic mass is 32.2.